The highest BCUT2D eigenvalue weighted by molar-refractivity contribution is 5.22. The normalized spacial score (nSPS) is 12.0. The lowest BCUT2D eigenvalue weighted by molar-refractivity contribution is 0.425. The van der Waals surface area contributed by atoms with Crippen LogP contribution in [0.4, 0.5) is 0 Å². The van der Waals surface area contributed by atoms with E-state index in [1.807, 2.05) is 6.07 Å². The lowest BCUT2D eigenvalue weighted by atomic mass is 9.88. The molecule has 1 heterocycles. The zero-order valence-electron chi connectivity index (χ0n) is 17.4. The third-order valence-electron chi connectivity index (χ3n) is 5.63. The van der Waals surface area contributed by atoms with Crippen molar-refractivity contribution in [1.29, 1.82) is 0 Å². The van der Waals surface area contributed by atoms with Crippen LogP contribution in [0.15, 0.2) is 71.5 Å². The Morgan fingerprint density at radius 2 is 1.52 bits per heavy atom. The average molecular weight is 389 g/mol. The molecular formula is C26H32N2O. The standard InChI is InChI=1S/C26H32N2O/c1-2-3-10-23(16-15-21-11-6-4-7-12-21)19-25-24(20-26(29)28-27-25)18-17-22-13-8-5-9-14-22/h4-9,11-14,20,23H,2-3,10,15-19H2,1H3,(H,28,29). The first kappa shape index (κ1) is 21.0. The van der Waals surface area contributed by atoms with Crippen LogP contribution in [0.5, 0.6) is 0 Å². The number of hydrogen-bond donors (Lipinski definition) is 1. The molecule has 29 heavy (non-hydrogen) atoms. The maximum Gasteiger partial charge on any atom is 0.264 e. The molecule has 0 spiro atoms. The Morgan fingerprint density at radius 1 is 0.862 bits per heavy atom. The van der Waals surface area contributed by atoms with E-state index in [-0.39, 0.29) is 5.56 Å². The molecule has 0 aliphatic heterocycles. The molecule has 3 rings (SSSR count). The summed E-state index contributed by atoms with van der Waals surface area (Å²) in [5.41, 5.74) is 4.75. The van der Waals surface area contributed by atoms with Gasteiger partial charge in [-0.05, 0) is 54.7 Å². The number of aryl methyl sites for hydroxylation is 3. The number of nitrogens with zero attached hydrogens (tertiary/aromatic N) is 1. The van der Waals surface area contributed by atoms with Gasteiger partial charge in [0.15, 0.2) is 0 Å². The van der Waals surface area contributed by atoms with Gasteiger partial charge in [0.25, 0.3) is 5.56 Å². The van der Waals surface area contributed by atoms with Gasteiger partial charge in [-0.2, -0.15) is 5.10 Å². The summed E-state index contributed by atoms with van der Waals surface area (Å²) in [7, 11) is 0. The van der Waals surface area contributed by atoms with Gasteiger partial charge >= 0.3 is 0 Å². The van der Waals surface area contributed by atoms with Gasteiger partial charge in [-0.1, -0.05) is 86.8 Å². The summed E-state index contributed by atoms with van der Waals surface area (Å²) in [5.74, 6) is 0.587. The van der Waals surface area contributed by atoms with E-state index < -0.39 is 0 Å². The monoisotopic (exact) mass is 388 g/mol. The van der Waals surface area contributed by atoms with Crippen molar-refractivity contribution in [3.63, 3.8) is 0 Å². The van der Waals surface area contributed by atoms with E-state index in [4.69, 9.17) is 0 Å². The molecular weight excluding hydrogens is 356 g/mol. The van der Waals surface area contributed by atoms with Crippen LogP contribution in [0, 0.1) is 5.92 Å². The number of H-pyrrole nitrogens is 1. The highest BCUT2D eigenvalue weighted by atomic mass is 16.1. The Hall–Kier alpha value is -2.68. The third kappa shape index (κ3) is 7.01. The lowest BCUT2D eigenvalue weighted by Crippen LogP contribution is -2.16. The van der Waals surface area contributed by atoms with Crippen LogP contribution in [0.2, 0.25) is 0 Å². The largest absolute Gasteiger partial charge is 0.268 e. The molecule has 2 aromatic carbocycles. The minimum Gasteiger partial charge on any atom is -0.268 e. The number of hydrogen-bond acceptors (Lipinski definition) is 2. The summed E-state index contributed by atoms with van der Waals surface area (Å²) in [6.45, 7) is 2.25. The van der Waals surface area contributed by atoms with Crippen molar-refractivity contribution in [2.45, 2.75) is 58.3 Å². The van der Waals surface area contributed by atoms with Gasteiger partial charge in [-0.15, -0.1) is 0 Å². The molecule has 152 valence electrons. The molecule has 1 unspecified atom stereocenters. The second-order valence-corrected chi connectivity index (χ2v) is 7.93. The van der Waals surface area contributed by atoms with Crippen molar-refractivity contribution in [1.82, 2.24) is 10.2 Å². The van der Waals surface area contributed by atoms with Crippen LogP contribution in [-0.2, 0) is 25.7 Å². The Balaban J connectivity index is 1.69. The van der Waals surface area contributed by atoms with Crippen molar-refractivity contribution in [2.75, 3.05) is 0 Å². The highest BCUT2D eigenvalue weighted by Crippen LogP contribution is 2.22. The summed E-state index contributed by atoms with van der Waals surface area (Å²) >= 11 is 0. The van der Waals surface area contributed by atoms with Crippen LogP contribution in [0.1, 0.15) is 55.0 Å². The van der Waals surface area contributed by atoms with Crippen LogP contribution >= 0.6 is 0 Å². The number of rotatable bonds is 11. The van der Waals surface area contributed by atoms with Gasteiger partial charge in [0.1, 0.15) is 0 Å². The average Bonchev–Trinajstić information content (AvgIpc) is 2.77. The summed E-state index contributed by atoms with van der Waals surface area (Å²) in [4.78, 5) is 11.9. The molecule has 1 atom stereocenters. The summed E-state index contributed by atoms with van der Waals surface area (Å²) < 4.78 is 0. The topological polar surface area (TPSA) is 45.8 Å². The molecule has 0 bridgehead atoms. The van der Waals surface area contributed by atoms with Crippen LogP contribution < -0.4 is 5.56 Å². The van der Waals surface area contributed by atoms with E-state index in [0.29, 0.717) is 5.92 Å². The lowest BCUT2D eigenvalue weighted by Gasteiger charge is -2.18. The predicted molar refractivity (Wildman–Crippen MR) is 120 cm³/mol. The van der Waals surface area contributed by atoms with Gasteiger partial charge in [-0.25, -0.2) is 5.10 Å². The van der Waals surface area contributed by atoms with Gasteiger partial charge < -0.3 is 0 Å². The quantitative estimate of drug-likeness (QED) is 0.469. The maximum absolute atomic E-state index is 11.9. The van der Waals surface area contributed by atoms with Gasteiger partial charge in [0.05, 0.1) is 5.69 Å². The molecule has 0 radical (unpaired) electrons. The van der Waals surface area contributed by atoms with Crippen molar-refractivity contribution in [2.24, 2.45) is 5.92 Å². The van der Waals surface area contributed by atoms with Gasteiger partial charge in [-0.3, -0.25) is 4.79 Å². The van der Waals surface area contributed by atoms with Crippen molar-refractivity contribution in [3.8, 4) is 0 Å². The number of nitrogens with one attached hydrogen (secondary N) is 1. The Bertz CT molecular complexity index is 903. The maximum atomic E-state index is 11.9. The Labute approximate surface area is 174 Å². The molecule has 3 aromatic rings. The molecule has 0 fully saturated rings. The second kappa shape index (κ2) is 11.4. The van der Waals surface area contributed by atoms with Gasteiger partial charge in [0, 0.05) is 6.07 Å². The molecule has 1 aromatic heterocycles. The summed E-state index contributed by atoms with van der Waals surface area (Å²) in [6.07, 6.45) is 8.64. The minimum absolute atomic E-state index is 0.105. The van der Waals surface area contributed by atoms with Crippen LogP contribution in [-0.4, -0.2) is 10.2 Å². The SMILES string of the molecule is CCCCC(CCc1ccccc1)Cc1n[nH]c(=O)cc1CCc1ccccc1. The van der Waals surface area contributed by atoms with Crippen molar-refractivity contribution >= 4 is 0 Å². The third-order valence-corrected chi connectivity index (χ3v) is 5.63. The van der Waals surface area contributed by atoms with E-state index in [1.54, 1.807) is 6.07 Å². The smallest absolute Gasteiger partial charge is 0.264 e. The fourth-order valence-corrected chi connectivity index (χ4v) is 3.92. The first-order valence-corrected chi connectivity index (χ1v) is 10.9. The Morgan fingerprint density at radius 3 is 2.17 bits per heavy atom. The molecule has 0 amide bonds. The number of unbranched alkanes of at least 4 members (excludes halogenated alkanes) is 1. The predicted octanol–water partition coefficient (Wildman–Crippen LogP) is 5.54. The Kier molecular flexibility index (Phi) is 8.24. The van der Waals surface area contributed by atoms with E-state index in [1.165, 1.54) is 30.4 Å². The van der Waals surface area contributed by atoms with E-state index in [2.05, 4.69) is 71.7 Å². The molecule has 1 N–H and O–H groups in total. The van der Waals surface area contributed by atoms with E-state index >= 15 is 0 Å². The molecule has 0 saturated heterocycles. The zero-order chi connectivity index (χ0) is 20.3. The molecule has 3 heteroatoms. The second-order valence-electron chi connectivity index (χ2n) is 7.93. The van der Waals surface area contributed by atoms with Crippen LogP contribution in [0.3, 0.4) is 0 Å². The first-order chi connectivity index (χ1) is 14.2. The van der Waals surface area contributed by atoms with Crippen molar-refractivity contribution < 1.29 is 0 Å². The van der Waals surface area contributed by atoms with E-state index in [0.717, 1.165) is 43.4 Å². The fraction of sp³-hybridized carbons (Fsp3) is 0.385. The molecule has 0 aliphatic carbocycles. The zero-order valence-corrected chi connectivity index (χ0v) is 17.4. The fourth-order valence-electron chi connectivity index (χ4n) is 3.92. The molecule has 0 saturated carbocycles. The number of benzene rings is 2. The van der Waals surface area contributed by atoms with Crippen LogP contribution in [0.25, 0.3) is 0 Å². The first-order valence-electron chi connectivity index (χ1n) is 10.9. The summed E-state index contributed by atoms with van der Waals surface area (Å²) in [6, 6.07) is 22.9. The van der Waals surface area contributed by atoms with Crippen molar-refractivity contribution in [3.05, 3.63) is 99.5 Å². The van der Waals surface area contributed by atoms with Gasteiger partial charge in [0.2, 0.25) is 0 Å². The minimum atomic E-state index is -0.105. The summed E-state index contributed by atoms with van der Waals surface area (Å²) in [5, 5.41) is 7.12. The molecule has 0 aliphatic rings. The molecule has 3 nitrogen and oxygen atoms in total. The number of aromatic nitrogens is 2. The van der Waals surface area contributed by atoms with E-state index in [9.17, 15) is 4.79 Å². The number of aromatic amines is 1. The highest BCUT2D eigenvalue weighted by Gasteiger charge is 2.14.